The molecule has 0 radical (unpaired) electrons. The Morgan fingerprint density at radius 2 is 2.41 bits per heavy atom. The Bertz CT molecular complexity index is 412. The summed E-state index contributed by atoms with van der Waals surface area (Å²) in [6.07, 6.45) is 3.14. The van der Waals surface area contributed by atoms with E-state index >= 15 is 0 Å². The zero-order chi connectivity index (χ0) is 12.3. The van der Waals surface area contributed by atoms with Crippen molar-refractivity contribution in [3.05, 3.63) is 17.0 Å². The number of carboxylic acid groups (broad SMARTS) is 1. The fourth-order valence-corrected chi connectivity index (χ4v) is 2.32. The summed E-state index contributed by atoms with van der Waals surface area (Å²) >= 11 is 0. The number of aromatic nitrogens is 2. The quantitative estimate of drug-likeness (QED) is 0.800. The third-order valence-electron chi connectivity index (χ3n) is 3.11. The van der Waals surface area contributed by atoms with Gasteiger partial charge in [-0.1, -0.05) is 13.3 Å². The monoisotopic (exact) mass is 237 g/mol. The van der Waals surface area contributed by atoms with Crippen LogP contribution in [0.1, 0.15) is 36.7 Å². The van der Waals surface area contributed by atoms with Gasteiger partial charge in [0.05, 0.1) is 18.7 Å². The van der Waals surface area contributed by atoms with Gasteiger partial charge in [-0.3, -0.25) is 9.48 Å². The molecule has 0 spiro atoms. The minimum atomic E-state index is -0.764. The normalized spacial score (nSPS) is 14.6. The van der Waals surface area contributed by atoms with Crippen LogP contribution in [0, 0.1) is 0 Å². The van der Waals surface area contributed by atoms with Gasteiger partial charge in [-0.15, -0.1) is 0 Å². The molecule has 2 heterocycles. The molecule has 2 rings (SSSR count). The second-order valence-electron chi connectivity index (χ2n) is 4.42. The van der Waals surface area contributed by atoms with Gasteiger partial charge >= 0.3 is 5.97 Å². The molecule has 0 amide bonds. The Balaban J connectivity index is 2.22. The molecule has 0 atom stereocenters. The number of nitrogens with one attached hydrogen (secondary N) is 1. The number of rotatable bonds is 5. The van der Waals surface area contributed by atoms with Crippen LogP contribution in [0.25, 0.3) is 0 Å². The van der Waals surface area contributed by atoms with Crippen molar-refractivity contribution in [1.82, 2.24) is 15.1 Å². The minimum absolute atomic E-state index is 0.146. The molecule has 1 aliphatic rings. The third-order valence-corrected chi connectivity index (χ3v) is 3.11. The van der Waals surface area contributed by atoms with E-state index in [1.807, 2.05) is 4.68 Å². The average molecular weight is 237 g/mol. The molecule has 1 aliphatic heterocycles. The first kappa shape index (κ1) is 12.1. The predicted octanol–water partition coefficient (Wildman–Crippen LogP) is 0.956. The lowest BCUT2D eigenvalue weighted by molar-refractivity contribution is -0.137. The van der Waals surface area contributed by atoms with Crippen LogP contribution in [-0.4, -0.2) is 27.4 Å². The molecule has 0 aliphatic carbocycles. The van der Waals surface area contributed by atoms with Gasteiger partial charge in [-0.05, 0) is 6.42 Å². The first-order chi connectivity index (χ1) is 8.22. The van der Waals surface area contributed by atoms with Crippen molar-refractivity contribution in [2.24, 2.45) is 0 Å². The van der Waals surface area contributed by atoms with Crippen molar-refractivity contribution in [3.8, 4) is 0 Å². The highest BCUT2D eigenvalue weighted by Gasteiger charge is 2.19. The Morgan fingerprint density at radius 1 is 1.59 bits per heavy atom. The number of hydrogen-bond acceptors (Lipinski definition) is 3. The second kappa shape index (κ2) is 5.31. The molecule has 5 nitrogen and oxygen atoms in total. The zero-order valence-corrected chi connectivity index (χ0v) is 10.2. The van der Waals surface area contributed by atoms with Crippen LogP contribution in [0.2, 0.25) is 0 Å². The van der Waals surface area contributed by atoms with Gasteiger partial charge in [0.15, 0.2) is 0 Å². The smallest absolute Gasteiger partial charge is 0.305 e. The lowest BCUT2D eigenvalue weighted by Crippen LogP contribution is -2.25. The number of carboxylic acids is 1. The van der Waals surface area contributed by atoms with Crippen LogP contribution in [0.5, 0.6) is 0 Å². The van der Waals surface area contributed by atoms with Crippen LogP contribution in [0.4, 0.5) is 0 Å². The van der Waals surface area contributed by atoms with E-state index in [1.54, 1.807) is 0 Å². The van der Waals surface area contributed by atoms with Gasteiger partial charge in [0.25, 0.3) is 0 Å². The van der Waals surface area contributed by atoms with Crippen LogP contribution >= 0.6 is 0 Å². The van der Waals surface area contributed by atoms with Crippen molar-refractivity contribution >= 4 is 5.97 Å². The standard InChI is InChI=1S/C12H19N3O2/c1-2-3-10-9-8-13-6-4-11(9)15(14-10)7-5-12(16)17/h13H,2-8H2,1H3,(H,16,17). The Kier molecular flexibility index (Phi) is 3.78. The number of nitrogens with zero attached hydrogens (tertiary/aromatic N) is 2. The largest absolute Gasteiger partial charge is 0.481 e. The highest BCUT2D eigenvalue weighted by molar-refractivity contribution is 5.66. The van der Waals surface area contributed by atoms with Crippen molar-refractivity contribution in [3.63, 3.8) is 0 Å². The molecule has 0 bridgehead atoms. The molecule has 94 valence electrons. The molecule has 0 fully saturated rings. The summed E-state index contributed by atoms with van der Waals surface area (Å²) in [5, 5.41) is 16.7. The lowest BCUT2D eigenvalue weighted by Gasteiger charge is -2.15. The lowest BCUT2D eigenvalue weighted by atomic mass is 10.0. The van der Waals surface area contributed by atoms with Gasteiger partial charge in [0, 0.05) is 30.8 Å². The highest BCUT2D eigenvalue weighted by atomic mass is 16.4. The van der Waals surface area contributed by atoms with E-state index in [4.69, 9.17) is 5.11 Å². The minimum Gasteiger partial charge on any atom is -0.481 e. The maximum absolute atomic E-state index is 10.6. The summed E-state index contributed by atoms with van der Waals surface area (Å²) in [7, 11) is 0. The summed E-state index contributed by atoms with van der Waals surface area (Å²) in [5.74, 6) is -0.764. The number of carbonyl (C=O) groups is 1. The van der Waals surface area contributed by atoms with Crippen molar-refractivity contribution < 1.29 is 9.90 Å². The second-order valence-corrected chi connectivity index (χ2v) is 4.42. The molecular formula is C12H19N3O2. The number of fused-ring (bicyclic) bond motifs is 1. The van der Waals surface area contributed by atoms with E-state index in [0.29, 0.717) is 6.54 Å². The summed E-state index contributed by atoms with van der Waals surface area (Å²) in [6.45, 7) is 4.45. The average Bonchev–Trinajstić information content (AvgIpc) is 2.66. The van der Waals surface area contributed by atoms with E-state index in [1.165, 1.54) is 11.3 Å². The van der Waals surface area contributed by atoms with E-state index in [0.717, 1.165) is 38.0 Å². The third kappa shape index (κ3) is 2.66. The fourth-order valence-electron chi connectivity index (χ4n) is 2.32. The SMILES string of the molecule is CCCc1nn(CCC(=O)O)c2c1CNCC2. The van der Waals surface area contributed by atoms with E-state index in [2.05, 4.69) is 17.3 Å². The van der Waals surface area contributed by atoms with E-state index < -0.39 is 5.97 Å². The van der Waals surface area contributed by atoms with Crippen molar-refractivity contribution in [1.29, 1.82) is 0 Å². The predicted molar refractivity (Wildman–Crippen MR) is 63.9 cm³/mol. The van der Waals surface area contributed by atoms with Crippen LogP contribution in [0.3, 0.4) is 0 Å². The molecule has 0 saturated heterocycles. The van der Waals surface area contributed by atoms with E-state index in [9.17, 15) is 4.79 Å². The first-order valence-corrected chi connectivity index (χ1v) is 6.22. The Labute approximate surface area is 101 Å². The number of hydrogen-bond donors (Lipinski definition) is 2. The maximum atomic E-state index is 10.6. The van der Waals surface area contributed by atoms with E-state index in [-0.39, 0.29) is 6.42 Å². The Hall–Kier alpha value is -1.36. The molecule has 2 N–H and O–H groups in total. The van der Waals surface area contributed by atoms with Gasteiger partial charge in [0.1, 0.15) is 0 Å². The summed E-state index contributed by atoms with van der Waals surface area (Å²) in [6, 6.07) is 0. The first-order valence-electron chi connectivity index (χ1n) is 6.22. The molecule has 0 aromatic carbocycles. The summed E-state index contributed by atoms with van der Waals surface area (Å²) < 4.78 is 1.90. The summed E-state index contributed by atoms with van der Waals surface area (Å²) in [5.41, 5.74) is 3.66. The van der Waals surface area contributed by atoms with Crippen molar-refractivity contribution in [2.75, 3.05) is 6.54 Å². The van der Waals surface area contributed by atoms with Crippen LogP contribution in [0.15, 0.2) is 0 Å². The molecule has 1 aromatic heterocycles. The van der Waals surface area contributed by atoms with Gasteiger partial charge in [-0.25, -0.2) is 0 Å². The Morgan fingerprint density at radius 3 is 3.12 bits per heavy atom. The highest BCUT2D eigenvalue weighted by Crippen LogP contribution is 2.19. The maximum Gasteiger partial charge on any atom is 0.305 e. The molecule has 0 saturated carbocycles. The number of aliphatic carboxylic acids is 1. The molecule has 0 unspecified atom stereocenters. The van der Waals surface area contributed by atoms with Gasteiger partial charge in [-0.2, -0.15) is 5.10 Å². The van der Waals surface area contributed by atoms with Crippen molar-refractivity contribution in [2.45, 2.75) is 45.7 Å². The van der Waals surface area contributed by atoms with Gasteiger partial charge < -0.3 is 10.4 Å². The zero-order valence-electron chi connectivity index (χ0n) is 10.2. The fraction of sp³-hybridized carbons (Fsp3) is 0.667. The molecule has 1 aromatic rings. The van der Waals surface area contributed by atoms with Crippen LogP contribution in [-0.2, 0) is 30.7 Å². The van der Waals surface area contributed by atoms with Gasteiger partial charge in [0.2, 0.25) is 0 Å². The molecular weight excluding hydrogens is 218 g/mol. The molecule has 17 heavy (non-hydrogen) atoms. The molecule has 5 heteroatoms. The summed E-state index contributed by atoms with van der Waals surface area (Å²) in [4.78, 5) is 10.6. The topological polar surface area (TPSA) is 67.2 Å². The van der Waals surface area contributed by atoms with Crippen LogP contribution < -0.4 is 5.32 Å². The number of aryl methyl sites for hydroxylation is 2.